The molecular weight excluding hydrogens is 429 g/mol. The monoisotopic (exact) mass is 447 g/mol. The van der Waals surface area contributed by atoms with Crippen LogP contribution in [0.1, 0.15) is 22.8 Å². The minimum absolute atomic E-state index is 0.0377. The molecule has 1 aliphatic heterocycles. The average molecular weight is 448 g/mol. The highest BCUT2D eigenvalue weighted by molar-refractivity contribution is 6.30. The van der Waals surface area contributed by atoms with E-state index >= 15 is 0 Å². The summed E-state index contributed by atoms with van der Waals surface area (Å²) in [6.07, 6.45) is 6.07. The van der Waals surface area contributed by atoms with Gasteiger partial charge in [-0.15, -0.1) is 0 Å². The molecular formula is C21H18FN7O2Si. The molecule has 2 N–H and O–H groups in total. The van der Waals surface area contributed by atoms with Crippen molar-refractivity contribution in [3.05, 3.63) is 66.0 Å². The molecule has 5 rings (SSSR count). The molecule has 4 aromatic rings. The fourth-order valence-corrected chi connectivity index (χ4v) is 4.00. The number of pyridine rings is 2. The molecule has 0 unspecified atom stereocenters. The Morgan fingerprint density at radius 2 is 2.12 bits per heavy atom. The first-order chi connectivity index (χ1) is 15.6. The van der Waals surface area contributed by atoms with Crippen molar-refractivity contribution in [2.45, 2.75) is 19.0 Å². The summed E-state index contributed by atoms with van der Waals surface area (Å²) >= 11 is 0. The molecule has 1 aliphatic rings. The van der Waals surface area contributed by atoms with Crippen molar-refractivity contribution in [2.75, 3.05) is 11.9 Å². The zero-order chi connectivity index (χ0) is 22.1. The quantitative estimate of drug-likeness (QED) is 0.432. The number of halogens is 1. The van der Waals surface area contributed by atoms with Gasteiger partial charge in [-0.1, -0.05) is 13.0 Å². The number of carbonyl (C=O) groups excluding carboxylic acids is 1. The fraction of sp³-hybridized carbons (Fsp3) is 0.190. The van der Waals surface area contributed by atoms with Crippen LogP contribution in [-0.2, 0) is 6.54 Å². The number of hydrogen-bond acceptors (Lipinski definition) is 7. The summed E-state index contributed by atoms with van der Waals surface area (Å²) < 4.78 is 21.3. The highest BCUT2D eigenvalue weighted by Gasteiger charge is 2.20. The van der Waals surface area contributed by atoms with Gasteiger partial charge >= 0.3 is 9.76 Å². The van der Waals surface area contributed by atoms with E-state index in [4.69, 9.17) is 4.43 Å². The number of rotatable bonds is 1. The van der Waals surface area contributed by atoms with Gasteiger partial charge in [-0.3, -0.25) is 9.78 Å². The summed E-state index contributed by atoms with van der Waals surface area (Å²) in [6, 6.07) is 6.93. The van der Waals surface area contributed by atoms with Crippen LogP contribution < -0.4 is 15.1 Å². The summed E-state index contributed by atoms with van der Waals surface area (Å²) in [5.74, 6) is 0.107. The Kier molecular flexibility index (Phi) is 5.23. The van der Waals surface area contributed by atoms with E-state index < -0.39 is 5.82 Å². The summed E-state index contributed by atoms with van der Waals surface area (Å²) in [6.45, 7) is 2.58. The summed E-state index contributed by atoms with van der Waals surface area (Å²) in [5, 5.41) is 10.5. The van der Waals surface area contributed by atoms with Gasteiger partial charge in [0.2, 0.25) is 5.88 Å². The number of amides is 1. The third-order valence-electron chi connectivity index (χ3n) is 4.94. The van der Waals surface area contributed by atoms with Crippen LogP contribution in [0.25, 0.3) is 16.9 Å². The molecule has 9 nitrogen and oxygen atoms in total. The molecule has 0 saturated heterocycles. The van der Waals surface area contributed by atoms with Gasteiger partial charge in [0.1, 0.15) is 17.2 Å². The van der Waals surface area contributed by atoms with Gasteiger partial charge in [0.15, 0.2) is 5.65 Å². The number of aromatic nitrogens is 5. The molecule has 0 aliphatic carbocycles. The van der Waals surface area contributed by atoms with Crippen LogP contribution in [0, 0.1) is 5.82 Å². The average Bonchev–Trinajstić information content (AvgIpc) is 3.23. The van der Waals surface area contributed by atoms with E-state index in [1.54, 1.807) is 16.9 Å². The molecule has 0 saturated carbocycles. The maximum absolute atomic E-state index is 13.9. The number of anilines is 1. The third-order valence-corrected chi connectivity index (χ3v) is 5.86. The van der Waals surface area contributed by atoms with E-state index in [1.165, 1.54) is 12.3 Å². The normalized spacial score (nSPS) is 16.6. The van der Waals surface area contributed by atoms with Crippen molar-refractivity contribution in [3.8, 4) is 17.1 Å². The van der Waals surface area contributed by atoms with Crippen LogP contribution in [0.3, 0.4) is 0 Å². The SMILES string of the molecule is C[C@H]1CNC(=O)c2cnn3cc(-c4ccccn4)c(nc23)NCc2cc(F)cnc2O[Si]1. The van der Waals surface area contributed by atoms with Gasteiger partial charge in [0.25, 0.3) is 5.91 Å². The van der Waals surface area contributed by atoms with E-state index in [2.05, 4.69) is 30.7 Å². The maximum Gasteiger partial charge on any atom is 0.317 e. The highest BCUT2D eigenvalue weighted by Crippen LogP contribution is 2.28. The number of nitrogens with one attached hydrogen (secondary N) is 2. The van der Waals surface area contributed by atoms with Crippen molar-refractivity contribution in [1.29, 1.82) is 0 Å². The lowest BCUT2D eigenvalue weighted by Gasteiger charge is -2.16. The molecule has 2 radical (unpaired) electrons. The molecule has 11 heteroatoms. The van der Waals surface area contributed by atoms with Crippen molar-refractivity contribution in [3.63, 3.8) is 0 Å². The molecule has 32 heavy (non-hydrogen) atoms. The second-order valence-electron chi connectivity index (χ2n) is 7.35. The maximum atomic E-state index is 13.9. The van der Waals surface area contributed by atoms with Gasteiger partial charge in [-0.2, -0.15) is 5.10 Å². The molecule has 2 bridgehead atoms. The lowest BCUT2D eigenvalue weighted by Crippen LogP contribution is -2.29. The second kappa shape index (κ2) is 8.34. The van der Waals surface area contributed by atoms with Crippen molar-refractivity contribution in [1.82, 2.24) is 29.9 Å². The molecule has 0 aromatic carbocycles. The molecule has 1 amide bonds. The van der Waals surface area contributed by atoms with Crippen molar-refractivity contribution >= 4 is 27.1 Å². The zero-order valence-electron chi connectivity index (χ0n) is 17.0. The Hall–Kier alpha value is -3.86. The lowest BCUT2D eigenvalue weighted by molar-refractivity contribution is 0.0955. The number of hydrogen-bond donors (Lipinski definition) is 2. The molecule has 0 spiro atoms. The van der Waals surface area contributed by atoms with Crippen LogP contribution >= 0.6 is 0 Å². The largest absolute Gasteiger partial charge is 0.527 e. The van der Waals surface area contributed by atoms with E-state index in [0.29, 0.717) is 46.3 Å². The van der Waals surface area contributed by atoms with Gasteiger partial charge in [-0.25, -0.2) is 18.9 Å². The Morgan fingerprint density at radius 1 is 1.22 bits per heavy atom. The fourth-order valence-electron chi connectivity index (χ4n) is 3.32. The standard InChI is InChI=1S/C21H18FN7O2Si/c1-12-7-25-20(30)15-10-27-29-11-16(17-4-2-3-5-23-17)18(28-19(15)29)24-8-13-6-14(22)9-26-21(13)31-32-12/h2-6,9-12H,7-8H2,1H3,(H,24,28)(H,25,30)/t12-/m0/s1. The molecule has 160 valence electrons. The van der Waals surface area contributed by atoms with Crippen LogP contribution in [0.4, 0.5) is 10.2 Å². The first-order valence-electron chi connectivity index (χ1n) is 9.97. The molecule has 5 heterocycles. The Bertz CT molecular complexity index is 1300. The Balaban J connectivity index is 1.65. The minimum atomic E-state index is -0.453. The Labute approximate surface area is 185 Å². The van der Waals surface area contributed by atoms with Gasteiger partial charge in [0, 0.05) is 36.6 Å². The van der Waals surface area contributed by atoms with Crippen molar-refractivity contribution < 1.29 is 13.6 Å². The van der Waals surface area contributed by atoms with Gasteiger partial charge in [-0.05, 0) is 18.2 Å². The minimum Gasteiger partial charge on any atom is -0.527 e. The third kappa shape index (κ3) is 3.89. The summed E-state index contributed by atoms with van der Waals surface area (Å²) in [5.41, 5.74) is 2.73. The van der Waals surface area contributed by atoms with E-state index in [0.717, 1.165) is 6.20 Å². The smallest absolute Gasteiger partial charge is 0.317 e. The molecule has 1 atom stereocenters. The van der Waals surface area contributed by atoms with Crippen LogP contribution in [0.2, 0.25) is 5.54 Å². The van der Waals surface area contributed by atoms with E-state index in [-0.39, 0.29) is 27.8 Å². The van der Waals surface area contributed by atoms with Crippen LogP contribution in [-0.4, -0.2) is 46.8 Å². The molecule has 4 aromatic heterocycles. The summed E-state index contributed by atoms with van der Waals surface area (Å²) in [7, 11) is 0.0393. The predicted molar refractivity (Wildman–Crippen MR) is 116 cm³/mol. The first kappa shape index (κ1) is 20.1. The summed E-state index contributed by atoms with van der Waals surface area (Å²) in [4.78, 5) is 26.0. The number of nitrogens with zero attached hydrogens (tertiary/aromatic N) is 5. The van der Waals surface area contributed by atoms with E-state index in [9.17, 15) is 9.18 Å². The predicted octanol–water partition coefficient (Wildman–Crippen LogP) is 2.49. The zero-order valence-corrected chi connectivity index (χ0v) is 18.0. The number of carbonyl (C=O) groups is 1. The molecule has 0 fully saturated rings. The van der Waals surface area contributed by atoms with E-state index in [1.807, 2.05) is 25.1 Å². The van der Waals surface area contributed by atoms with Crippen molar-refractivity contribution in [2.24, 2.45) is 0 Å². The lowest BCUT2D eigenvalue weighted by atomic mass is 10.2. The Morgan fingerprint density at radius 3 is 2.97 bits per heavy atom. The topological polar surface area (TPSA) is 106 Å². The van der Waals surface area contributed by atoms with Crippen LogP contribution in [0.5, 0.6) is 5.88 Å². The van der Waals surface area contributed by atoms with Gasteiger partial charge in [0.05, 0.1) is 23.7 Å². The van der Waals surface area contributed by atoms with Gasteiger partial charge < -0.3 is 15.1 Å². The first-order valence-corrected chi connectivity index (χ1v) is 11.0. The van der Waals surface area contributed by atoms with Crippen LogP contribution in [0.15, 0.2) is 49.1 Å². The second-order valence-corrected chi connectivity index (χ2v) is 8.77. The highest BCUT2D eigenvalue weighted by atomic mass is 28.2. The number of fused-ring (bicyclic) bond motifs is 2.